The molecule has 2 heteroatoms. The van der Waals surface area contributed by atoms with Crippen LogP contribution in [-0.2, 0) is 9.47 Å². The second-order valence-corrected chi connectivity index (χ2v) is 6.53. The van der Waals surface area contributed by atoms with Gasteiger partial charge in [-0.2, -0.15) is 0 Å². The Morgan fingerprint density at radius 1 is 1.07 bits per heavy atom. The summed E-state index contributed by atoms with van der Waals surface area (Å²) < 4.78 is 11.6. The SMILES string of the molecule is CC(C)(C)C1OCO[C@]1(C)C(C)(C)C. The minimum atomic E-state index is -0.189. The van der Waals surface area contributed by atoms with Crippen LogP contribution < -0.4 is 0 Å². The Balaban J connectivity index is 2.99. The fourth-order valence-corrected chi connectivity index (χ4v) is 2.15. The van der Waals surface area contributed by atoms with E-state index in [0.29, 0.717) is 6.79 Å². The Labute approximate surface area is 88.0 Å². The number of rotatable bonds is 0. The third-order valence-corrected chi connectivity index (χ3v) is 3.37. The molecule has 1 fully saturated rings. The zero-order chi connectivity index (χ0) is 11.2. The molecule has 1 aliphatic heterocycles. The van der Waals surface area contributed by atoms with Gasteiger partial charge in [0.25, 0.3) is 0 Å². The standard InChI is InChI=1S/C12H24O2/c1-10(2,3)9-12(7,11(4,5)6)14-8-13-9/h9H,8H2,1-7H3/t9?,12-/m0/s1. The Hall–Kier alpha value is -0.0800. The van der Waals surface area contributed by atoms with Gasteiger partial charge in [0.05, 0.1) is 11.7 Å². The first-order valence-corrected chi connectivity index (χ1v) is 5.34. The molecule has 0 aromatic heterocycles. The van der Waals surface area contributed by atoms with Crippen LogP contribution in [0.2, 0.25) is 0 Å². The van der Waals surface area contributed by atoms with Crippen molar-refractivity contribution in [1.82, 2.24) is 0 Å². The highest BCUT2D eigenvalue weighted by Gasteiger charge is 2.54. The van der Waals surface area contributed by atoms with E-state index in [4.69, 9.17) is 9.47 Å². The molecule has 1 rings (SSSR count). The molecule has 1 heterocycles. The molecular formula is C12H24O2. The summed E-state index contributed by atoms with van der Waals surface area (Å²) >= 11 is 0. The van der Waals surface area contributed by atoms with Gasteiger partial charge in [-0.1, -0.05) is 41.5 Å². The van der Waals surface area contributed by atoms with E-state index in [1.54, 1.807) is 0 Å². The smallest absolute Gasteiger partial charge is 0.148 e. The van der Waals surface area contributed by atoms with Crippen molar-refractivity contribution < 1.29 is 9.47 Å². The molecule has 0 amide bonds. The maximum absolute atomic E-state index is 5.82. The second-order valence-electron chi connectivity index (χ2n) is 6.53. The first-order chi connectivity index (χ1) is 6.09. The lowest BCUT2D eigenvalue weighted by Gasteiger charge is -2.45. The summed E-state index contributed by atoms with van der Waals surface area (Å²) in [5, 5.41) is 0. The average molecular weight is 200 g/mol. The van der Waals surface area contributed by atoms with E-state index >= 15 is 0 Å². The summed E-state index contributed by atoms with van der Waals surface area (Å²) in [6.07, 6.45) is 0.162. The summed E-state index contributed by atoms with van der Waals surface area (Å²) in [6, 6.07) is 0. The molecule has 0 saturated carbocycles. The quantitative estimate of drug-likeness (QED) is 0.598. The second kappa shape index (κ2) is 3.21. The maximum atomic E-state index is 5.82. The first kappa shape index (κ1) is 12.0. The van der Waals surface area contributed by atoms with Gasteiger partial charge in [0.2, 0.25) is 0 Å². The van der Waals surface area contributed by atoms with Crippen molar-refractivity contribution in [3.63, 3.8) is 0 Å². The van der Waals surface area contributed by atoms with E-state index in [-0.39, 0.29) is 22.5 Å². The van der Waals surface area contributed by atoms with Gasteiger partial charge in [-0.05, 0) is 17.8 Å². The van der Waals surface area contributed by atoms with Crippen molar-refractivity contribution in [2.24, 2.45) is 10.8 Å². The lowest BCUT2D eigenvalue weighted by Crippen LogP contribution is -2.53. The molecule has 14 heavy (non-hydrogen) atoms. The summed E-state index contributed by atoms with van der Waals surface area (Å²) in [7, 11) is 0. The Kier molecular flexibility index (Phi) is 2.75. The third kappa shape index (κ3) is 1.82. The van der Waals surface area contributed by atoms with Crippen molar-refractivity contribution in [3.05, 3.63) is 0 Å². The van der Waals surface area contributed by atoms with Crippen LogP contribution in [0.4, 0.5) is 0 Å². The van der Waals surface area contributed by atoms with Crippen LogP contribution in [0.25, 0.3) is 0 Å². The van der Waals surface area contributed by atoms with Crippen molar-refractivity contribution in [2.45, 2.75) is 60.2 Å². The maximum Gasteiger partial charge on any atom is 0.148 e. The van der Waals surface area contributed by atoms with Gasteiger partial charge < -0.3 is 9.47 Å². The van der Waals surface area contributed by atoms with Gasteiger partial charge in [-0.3, -0.25) is 0 Å². The zero-order valence-electron chi connectivity index (χ0n) is 10.6. The van der Waals surface area contributed by atoms with Crippen LogP contribution in [0.3, 0.4) is 0 Å². The summed E-state index contributed by atoms with van der Waals surface area (Å²) in [4.78, 5) is 0. The van der Waals surface area contributed by atoms with E-state index in [1.165, 1.54) is 0 Å². The molecule has 0 aromatic rings. The fourth-order valence-electron chi connectivity index (χ4n) is 2.15. The first-order valence-electron chi connectivity index (χ1n) is 5.34. The Bertz CT molecular complexity index is 209. The molecule has 0 aliphatic carbocycles. The molecular weight excluding hydrogens is 176 g/mol. The number of hydrogen-bond donors (Lipinski definition) is 0. The van der Waals surface area contributed by atoms with Crippen molar-refractivity contribution in [2.75, 3.05) is 6.79 Å². The molecule has 0 N–H and O–H groups in total. The third-order valence-electron chi connectivity index (χ3n) is 3.37. The molecule has 1 unspecified atom stereocenters. The van der Waals surface area contributed by atoms with Crippen LogP contribution in [0.15, 0.2) is 0 Å². The highest BCUT2D eigenvalue weighted by Crippen LogP contribution is 2.47. The lowest BCUT2D eigenvalue weighted by molar-refractivity contribution is -0.0897. The minimum absolute atomic E-state index is 0.0987. The van der Waals surface area contributed by atoms with Gasteiger partial charge in [-0.15, -0.1) is 0 Å². The topological polar surface area (TPSA) is 18.5 Å². The molecule has 0 bridgehead atoms. The molecule has 0 radical (unpaired) electrons. The fraction of sp³-hybridized carbons (Fsp3) is 1.00. The highest BCUT2D eigenvalue weighted by atomic mass is 16.7. The molecule has 1 aliphatic rings. The van der Waals surface area contributed by atoms with E-state index < -0.39 is 0 Å². The van der Waals surface area contributed by atoms with E-state index in [0.717, 1.165) is 0 Å². The normalized spacial score (nSPS) is 34.9. The van der Waals surface area contributed by atoms with E-state index in [9.17, 15) is 0 Å². The van der Waals surface area contributed by atoms with Crippen LogP contribution in [0, 0.1) is 10.8 Å². The minimum Gasteiger partial charge on any atom is -0.349 e. The lowest BCUT2D eigenvalue weighted by atomic mass is 9.67. The molecule has 2 atom stereocenters. The number of hydrogen-bond acceptors (Lipinski definition) is 2. The molecule has 84 valence electrons. The van der Waals surface area contributed by atoms with Crippen LogP contribution in [-0.4, -0.2) is 18.5 Å². The molecule has 2 nitrogen and oxygen atoms in total. The molecule has 0 spiro atoms. The predicted octanol–water partition coefficient (Wildman–Crippen LogP) is 3.21. The van der Waals surface area contributed by atoms with Crippen LogP contribution in [0.1, 0.15) is 48.5 Å². The van der Waals surface area contributed by atoms with E-state index in [1.807, 2.05) is 0 Å². The van der Waals surface area contributed by atoms with Crippen LogP contribution in [0.5, 0.6) is 0 Å². The highest BCUT2D eigenvalue weighted by molar-refractivity contribution is 5.01. The molecule has 0 aromatic carbocycles. The van der Waals surface area contributed by atoms with Gasteiger partial charge in [0, 0.05) is 0 Å². The van der Waals surface area contributed by atoms with Gasteiger partial charge in [-0.25, -0.2) is 0 Å². The summed E-state index contributed by atoms with van der Waals surface area (Å²) in [5.74, 6) is 0. The largest absolute Gasteiger partial charge is 0.349 e. The predicted molar refractivity (Wildman–Crippen MR) is 58.1 cm³/mol. The van der Waals surface area contributed by atoms with Crippen molar-refractivity contribution in [1.29, 1.82) is 0 Å². The summed E-state index contributed by atoms with van der Waals surface area (Å²) in [5.41, 5.74) is 0.0330. The zero-order valence-corrected chi connectivity index (χ0v) is 10.6. The van der Waals surface area contributed by atoms with Crippen LogP contribution >= 0.6 is 0 Å². The number of ether oxygens (including phenoxy) is 2. The van der Waals surface area contributed by atoms with Gasteiger partial charge in [0.15, 0.2) is 0 Å². The van der Waals surface area contributed by atoms with E-state index in [2.05, 4.69) is 48.5 Å². The Morgan fingerprint density at radius 2 is 1.57 bits per heavy atom. The molecule has 1 saturated heterocycles. The summed E-state index contributed by atoms with van der Waals surface area (Å²) in [6.45, 7) is 15.8. The van der Waals surface area contributed by atoms with Crippen molar-refractivity contribution in [3.8, 4) is 0 Å². The Morgan fingerprint density at radius 3 is 1.86 bits per heavy atom. The monoisotopic (exact) mass is 200 g/mol. The van der Waals surface area contributed by atoms with Gasteiger partial charge in [0.1, 0.15) is 6.79 Å². The van der Waals surface area contributed by atoms with Gasteiger partial charge >= 0.3 is 0 Å². The van der Waals surface area contributed by atoms with Crippen molar-refractivity contribution >= 4 is 0 Å². The average Bonchev–Trinajstić information content (AvgIpc) is 2.28.